The number of fused-ring (bicyclic) bond motifs is 1. The number of amides is 1. The topological polar surface area (TPSA) is 74.3 Å². The van der Waals surface area contributed by atoms with Gasteiger partial charge in [-0.25, -0.2) is 4.79 Å². The van der Waals surface area contributed by atoms with Crippen molar-refractivity contribution in [2.24, 2.45) is 5.73 Å². The fourth-order valence-electron chi connectivity index (χ4n) is 1.64. The Morgan fingerprint density at radius 2 is 2.06 bits per heavy atom. The Kier molecular flexibility index (Phi) is 2.36. The second-order valence-electron chi connectivity index (χ2n) is 3.26. The molecule has 0 spiro atoms. The molecule has 5 heteroatoms. The molecule has 0 aliphatic rings. The van der Waals surface area contributed by atoms with Gasteiger partial charge in [-0.15, -0.1) is 0 Å². The summed E-state index contributed by atoms with van der Waals surface area (Å²) < 4.78 is 5.93. The molecule has 0 saturated heterocycles. The van der Waals surface area contributed by atoms with Gasteiger partial charge in [0.1, 0.15) is 0 Å². The van der Waals surface area contributed by atoms with Gasteiger partial charge >= 0.3 is 6.09 Å². The Morgan fingerprint density at radius 3 is 2.69 bits per heavy atom. The lowest BCUT2D eigenvalue weighted by Gasteiger charge is -2.02. The lowest BCUT2D eigenvalue weighted by Crippen LogP contribution is -2.12. The highest BCUT2D eigenvalue weighted by Gasteiger charge is 2.12. The molecule has 0 unspecified atom stereocenters. The Bertz CT molecular complexity index is 572. The van der Waals surface area contributed by atoms with Gasteiger partial charge in [0.05, 0.1) is 12.6 Å². The van der Waals surface area contributed by atoms with E-state index < -0.39 is 12.0 Å². The molecular weight excluding hydrogens is 208 g/mol. The van der Waals surface area contributed by atoms with Crippen molar-refractivity contribution >= 4 is 22.9 Å². The molecule has 0 saturated carbocycles. The summed E-state index contributed by atoms with van der Waals surface area (Å²) in [5.74, 6) is -0.520. The van der Waals surface area contributed by atoms with Crippen molar-refractivity contribution in [2.75, 3.05) is 7.11 Å². The number of aromatic nitrogens is 1. The maximum Gasteiger partial charge on any atom is 0.418 e. The van der Waals surface area contributed by atoms with Gasteiger partial charge in [-0.05, 0) is 18.2 Å². The number of hydrogen-bond acceptors (Lipinski definition) is 3. The van der Waals surface area contributed by atoms with Gasteiger partial charge in [-0.1, -0.05) is 6.07 Å². The maximum absolute atomic E-state index is 11.4. The minimum Gasteiger partial charge on any atom is -0.452 e. The van der Waals surface area contributed by atoms with Crippen LogP contribution < -0.4 is 5.73 Å². The molecule has 82 valence electrons. The molecule has 5 nitrogen and oxygen atoms in total. The number of ether oxygens (including phenoxy) is 1. The molecule has 2 rings (SSSR count). The summed E-state index contributed by atoms with van der Waals surface area (Å²) in [6, 6.07) is 6.67. The molecule has 2 aromatic rings. The predicted octanol–water partition coefficient (Wildman–Crippen LogP) is 1.35. The molecule has 2 N–H and O–H groups in total. The first-order chi connectivity index (χ1) is 7.65. The van der Waals surface area contributed by atoms with Crippen LogP contribution in [0.15, 0.2) is 30.5 Å². The van der Waals surface area contributed by atoms with Crippen molar-refractivity contribution in [3.8, 4) is 0 Å². The van der Waals surface area contributed by atoms with Crippen molar-refractivity contribution < 1.29 is 14.3 Å². The second kappa shape index (κ2) is 3.69. The molecular formula is C11H10N2O3. The minimum atomic E-state index is -0.520. The van der Waals surface area contributed by atoms with Crippen LogP contribution in [0.4, 0.5) is 4.79 Å². The highest BCUT2D eigenvalue weighted by molar-refractivity contribution is 6.07. The summed E-state index contributed by atoms with van der Waals surface area (Å²) >= 11 is 0. The largest absolute Gasteiger partial charge is 0.452 e. The van der Waals surface area contributed by atoms with Crippen molar-refractivity contribution in [1.82, 2.24) is 4.57 Å². The first kappa shape index (κ1) is 10.2. The summed E-state index contributed by atoms with van der Waals surface area (Å²) in [6.45, 7) is 0. The molecule has 0 radical (unpaired) electrons. The number of hydrogen-bond donors (Lipinski definition) is 1. The summed E-state index contributed by atoms with van der Waals surface area (Å²) in [5.41, 5.74) is 6.22. The first-order valence-electron chi connectivity index (χ1n) is 4.63. The number of carbonyl (C=O) groups excluding carboxylic acids is 2. The maximum atomic E-state index is 11.4. The third kappa shape index (κ3) is 1.42. The summed E-state index contributed by atoms with van der Waals surface area (Å²) in [4.78, 5) is 22.6. The van der Waals surface area contributed by atoms with E-state index >= 15 is 0 Å². The van der Waals surface area contributed by atoms with Crippen LogP contribution in [0, 0.1) is 0 Å². The number of benzene rings is 1. The average Bonchev–Trinajstić information content (AvgIpc) is 2.71. The van der Waals surface area contributed by atoms with Crippen molar-refractivity contribution in [1.29, 1.82) is 0 Å². The second-order valence-corrected chi connectivity index (χ2v) is 3.26. The highest BCUT2D eigenvalue weighted by Crippen LogP contribution is 2.20. The number of rotatable bonds is 1. The molecule has 0 aliphatic heterocycles. The molecule has 16 heavy (non-hydrogen) atoms. The predicted molar refractivity (Wildman–Crippen MR) is 58.3 cm³/mol. The van der Waals surface area contributed by atoms with Gasteiger partial charge < -0.3 is 10.5 Å². The van der Waals surface area contributed by atoms with E-state index in [-0.39, 0.29) is 0 Å². The molecule has 0 bridgehead atoms. The molecule has 0 atom stereocenters. The minimum absolute atomic E-state index is 0.389. The first-order valence-corrected chi connectivity index (χ1v) is 4.63. The third-order valence-corrected chi connectivity index (χ3v) is 2.37. The number of nitrogens with two attached hydrogens (primary N) is 1. The van der Waals surface area contributed by atoms with Crippen LogP contribution in [0.1, 0.15) is 10.4 Å². The highest BCUT2D eigenvalue weighted by atomic mass is 16.5. The van der Waals surface area contributed by atoms with E-state index in [4.69, 9.17) is 5.73 Å². The number of carbonyl (C=O) groups is 2. The molecule has 1 amide bonds. The van der Waals surface area contributed by atoms with E-state index in [1.54, 1.807) is 30.5 Å². The van der Waals surface area contributed by atoms with Crippen LogP contribution in [-0.4, -0.2) is 23.7 Å². The van der Waals surface area contributed by atoms with Crippen molar-refractivity contribution in [2.45, 2.75) is 0 Å². The fourth-order valence-corrected chi connectivity index (χ4v) is 1.64. The van der Waals surface area contributed by atoms with Gasteiger partial charge in [-0.3, -0.25) is 9.36 Å². The Hall–Kier alpha value is -2.30. The Labute approximate surface area is 91.4 Å². The number of nitrogens with zero attached hydrogens (tertiary/aromatic N) is 1. The summed E-state index contributed by atoms with van der Waals surface area (Å²) in [6.07, 6.45) is 1.04. The smallest absolute Gasteiger partial charge is 0.418 e. The van der Waals surface area contributed by atoms with Gasteiger partial charge in [0.15, 0.2) is 0 Å². The van der Waals surface area contributed by atoms with Crippen LogP contribution in [0.3, 0.4) is 0 Å². The Balaban J connectivity index is 2.71. The van der Waals surface area contributed by atoms with E-state index in [0.29, 0.717) is 16.5 Å². The normalized spacial score (nSPS) is 10.3. The van der Waals surface area contributed by atoms with E-state index in [1.165, 1.54) is 11.7 Å². The molecule has 1 aromatic heterocycles. The monoisotopic (exact) mass is 218 g/mol. The quantitative estimate of drug-likeness (QED) is 0.785. The van der Waals surface area contributed by atoms with Gasteiger partial charge in [0, 0.05) is 17.1 Å². The SMILES string of the molecule is COC(=O)n1ccc2c(C(N)=O)cccc21. The van der Waals surface area contributed by atoms with E-state index in [2.05, 4.69) is 4.74 Å². The zero-order valence-corrected chi connectivity index (χ0v) is 8.64. The average molecular weight is 218 g/mol. The van der Waals surface area contributed by atoms with Crippen molar-refractivity contribution in [3.05, 3.63) is 36.0 Å². The fraction of sp³-hybridized carbons (Fsp3) is 0.0909. The molecule has 1 aromatic carbocycles. The zero-order valence-electron chi connectivity index (χ0n) is 8.64. The molecule has 1 heterocycles. The standard InChI is InChI=1S/C11H10N2O3/c1-16-11(15)13-6-5-7-8(10(12)14)3-2-4-9(7)13/h2-6H,1H3,(H2,12,14). The van der Waals surface area contributed by atoms with Gasteiger partial charge in [0.2, 0.25) is 5.91 Å². The summed E-state index contributed by atoms with van der Waals surface area (Å²) in [5, 5.41) is 0.639. The van der Waals surface area contributed by atoms with Crippen molar-refractivity contribution in [3.63, 3.8) is 0 Å². The van der Waals surface area contributed by atoms with Gasteiger partial charge in [0.25, 0.3) is 0 Å². The lowest BCUT2D eigenvalue weighted by atomic mass is 10.1. The van der Waals surface area contributed by atoms with Crippen LogP contribution in [0.2, 0.25) is 0 Å². The lowest BCUT2D eigenvalue weighted by molar-refractivity contribution is 0.100. The van der Waals surface area contributed by atoms with Crippen LogP contribution in [0.5, 0.6) is 0 Å². The van der Waals surface area contributed by atoms with Crippen LogP contribution in [-0.2, 0) is 4.74 Å². The van der Waals surface area contributed by atoms with E-state index in [0.717, 1.165) is 0 Å². The number of methoxy groups -OCH3 is 1. The van der Waals surface area contributed by atoms with Crippen LogP contribution >= 0.6 is 0 Å². The summed E-state index contributed by atoms with van der Waals surface area (Å²) in [7, 11) is 1.30. The molecule has 0 fully saturated rings. The Morgan fingerprint density at radius 1 is 1.31 bits per heavy atom. The zero-order chi connectivity index (χ0) is 11.7. The van der Waals surface area contributed by atoms with Crippen LogP contribution in [0.25, 0.3) is 10.9 Å². The third-order valence-electron chi connectivity index (χ3n) is 2.37. The van der Waals surface area contributed by atoms with E-state index in [1.807, 2.05) is 0 Å². The number of primary amides is 1. The molecule has 0 aliphatic carbocycles. The van der Waals surface area contributed by atoms with E-state index in [9.17, 15) is 9.59 Å². The van der Waals surface area contributed by atoms with Gasteiger partial charge in [-0.2, -0.15) is 0 Å².